The lowest BCUT2D eigenvalue weighted by Crippen LogP contribution is -2.01. The first kappa shape index (κ1) is 16.0. The van der Waals surface area contributed by atoms with E-state index in [2.05, 4.69) is 31.2 Å². The summed E-state index contributed by atoms with van der Waals surface area (Å²) in [5, 5.41) is 0. The van der Waals surface area contributed by atoms with Crippen LogP contribution in [0.2, 0.25) is 0 Å². The number of hydrogen-bond acceptors (Lipinski definition) is 3. The first-order valence-electron chi connectivity index (χ1n) is 8.25. The average molecular weight is 323 g/mol. The molecule has 2 nitrogen and oxygen atoms in total. The maximum absolute atomic E-state index is 12.0. The van der Waals surface area contributed by atoms with Crippen LogP contribution in [0.4, 0.5) is 5.69 Å². The van der Waals surface area contributed by atoms with E-state index in [1.807, 2.05) is 25.1 Å². The molecule has 0 aromatic heterocycles. The average Bonchev–Trinajstić information content (AvgIpc) is 2.75. The van der Waals surface area contributed by atoms with Crippen LogP contribution < -0.4 is 0 Å². The smallest absolute Gasteiger partial charge is 0.162 e. The summed E-state index contributed by atoms with van der Waals surface area (Å²) in [6.45, 7) is 4.10. The van der Waals surface area contributed by atoms with Crippen molar-refractivity contribution in [3.05, 3.63) is 53.6 Å². The molecule has 0 amide bonds. The Labute approximate surface area is 142 Å². The largest absolute Gasteiger partial charge is 0.294 e. The van der Waals surface area contributed by atoms with Gasteiger partial charge in [0.05, 0.1) is 5.69 Å². The van der Waals surface area contributed by atoms with E-state index < -0.39 is 0 Å². The predicted octanol–water partition coefficient (Wildman–Crippen LogP) is 6.05. The van der Waals surface area contributed by atoms with Crippen molar-refractivity contribution in [3.63, 3.8) is 0 Å². The van der Waals surface area contributed by atoms with Gasteiger partial charge in [0.2, 0.25) is 0 Å². The van der Waals surface area contributed by atoms with E-state index in [4.69, 9.17) is 4.99 Å². The third-order valence-corrected chi connectivity index (χ3v) is 5.18. The second-order valence-corrected chi connectivity index (χ2v) is 6.80. The molecule has 0 saturated carbocycles. The number of rotatable bonds is 5. The van der Waals surface area contributed by atoms with E-state index in [0.717, 1.165) is 41.1 Å². The number of fused-ring (bicyclic) bond motifs is 2. The topological polar surface area (TPSA) is 29.4 Å². The molecule has 3 heteroatoms. The van der Waals surface area contributed by atoms with Crippen molar-refractivity contribution in [1.29, 1.82) is 0 Å². The third kappa shape index (κ3) is 3.40. The Morgan fingerprint density at radius 1 is 1.09 bits per heavy atom. The van der Waals surface area contributed by atoms with Crippen molar-refractivity contribution in [2.45, 2.75) is 49.3 Å². The molecule has 0 aliphatic carbocycles. The minimum atomic E-state index is 0.171. The lowest BCUT2D eigenvalue weighted by Gasteiger charge is -2.07. The number of carbonyl (C=O) groups is 1. The quantitative estimate of drug-likeness (QED) is 0.626. The number of Topliss-reactive ketones (excluding diaryl/α,β-unsaturated/α-hetero) is 1. The highest BCUT2D eigenvalue weighted by atomic mass is 32.2. The van der Waals surface area contributed by atoms with Gasteiger partial charge in [-0.15, -0.1) is 0 Å². The van der Waals surface area contributed by atoms with Crippen molar-refractivity contribution in [3.8, 4) is 0 Å². The molecule has 2 aromatic rings. The second kappa shape index (κ2) is 7.14. The summed E-state index contributed by atoms with van der Waals surface area (Å²) in [6.07, 6.45) is 3.77. The Kier molecular flexibility index (Phi) is 4.97. The van der Waals surface area contributed by atoms with Gasteiger partial charge in [-0.3, -0.25) is 9.79 Å². The Hall–Kier alpha value is -1.87. The Morgan fingerprint density at radius 3 is 2.70 bits per heavy atom. The molecule has 0 spiro atoms. The van der Waals surface area contributed by atoms with Crippen molar-refractivity contribution < 1.29 is 4.79 Å². The molecular formula is C20H21NOS. The van der Waals surface area contributed by atoms with Crippen LogP contribution in [0, 0.1) is 0 Å². The van der Waals surface area contributed by atoms with Crippen molar-refractivity contribution in [2.75, 3.05) is 0 Å². The summed E-state index contributed by atoms with van der Waals surface area (Å²) in [6, 6.07) is 14.4. The Bertz CT molecular complexity index is 764. The summed E-state index contributed by atoms with van der Waals surface area (Å²) in [5.41, 5.74) is 4.05. The SMILES string of the molecule is CCCCC1=Nc2cc(C(=O)CC)ccc2Sc2ccccc21. The molecule has 0 radical (unpaired) electrons. The van der Waals surface area contributed by atoms with Crippen molar-refractivity contribution in [1.82, 2.24) is 0 Å². The molecule has 23 heavy (non-hydrogen) atoms. The van der Waals surface area contributed by atoms with Gasteiger partial charge in [-0.25, -0.2) is 0 Å². The highest BCUT2D eigenvalue weighted by molar-refractivity contribution is 7.99. The van der Waals surface area contributed by atoms with Gasteiger partial charge in [-0.05, 0) is 31.0 Å². The maximum Gasteiger partial charge on any atom is 0.162 e. The van der Waals surface area contributed by atoms with E-state index >= 15 is 0 Å². The van der Waals surface area contributed by atoms with Gasteiger partial charge in [-0.2, -0.15) is 0 Å². The van der Waals surface area contributed by atoms with Crippen LogP contribution in [0.1, 0.15) is 55.5 Å². The van der Waals surface area contributed by atoms with Crippen LogP contribution in [0.15, 0.2) is 57.2 Å². The van der Waals surface area contributed by atoms with Crippen LogP contribution in [0.5, 0.6) is 0 Å². The number of ketones is 1. The van der Waals surface area contributed by atoms with E-state index in [1.165, 1.54) is 10.5 Å². The van der Waals surface area contributed by atoms with E-state index in [0.29, 0.717) is 6.42 Å². The fourth-order valence-electron chi connectivity index (χ4n) is 2.72. The molecule has 0 fully saturated rings. The fraction of sp³-hybridized carbons (Fsp3) is 0.300. The van der Waals surface area contributed by atoms with Crippen LogP contribution in [-0.2, 0) is 0 Å². The molecule has 118 valence electrons. The molecule has 0 saturated heterocycles. The highest BCUT2D eigenvalue weighted by Gasteiger charge is 2.18. The molecule has 0 bridgehead atoms. The van der Waals surface area contributed by atoms with Crippen LogP contribution in [-0.4, -0.2) is 11.5 Å². The molecule has 1 aliphatic heterocycles. The predicted molar refractivity (Wildman–Crippen MR) is 97.4 cm³/mol. The van der Waals surface area contributed by atoms with Gasteiger partial charge < -0.3 is 0 Å². The summed E-state index contributed by atoms with van der Waals surface area (Å²) in [7, 11) is 0. The zero-order valence-corrected chi connectivity index (χ0v) is 14.5. The standard InChI is InChI=1S/C20H21NOS/c1-3-5-9-16-15-8-6-7-10-19(15)23-20-12-11-14(18(22)4-2)13-17(20)21-16/h6-8,10-13H,3-5,9H2,1-2H3. The van der Waals surface area contributed by atoms with Gasteiger partial charge >= 0.3 is 0 Å². The third-order valence-electron chi connectivity index (χ3n) is 4.04. The van der Waals surface area contributed by atoms with Gasteiger partial charge in [0.25, 0.3) is 0 Å². The van der Waals surface area contributed by atoms with E-state index in [1.54, 1.807) is 11.8 Å². The normalized spacial score (nSPS) is 12.9. The van der Waals surface area contributed by atoms with Crippen LogP contribution in [0.25, 0.3) is 0 Å². The summed E-state index contributed by atoms with van der Waals surface area (Å²) in [5.74, 6) is 0.171. The second-order valence-electron chi connectivity index (χ2n) is 5.72. The Balaban J connectivity index is 2.10. The van der Waals surface area contributed by atoms with Gasteiger partial charge in [0.15, 0.2) is 5.78 Å². The lowest BCUT2D eigenvalue weighted by molar-refractivity contribution is 0.0988. The molecular weight excluding hydrogens is 302 g/mol. The molecule has 0 atom stereocenters. The zero-order chi connectivity index (χ0) is 16.2. The van der Waals surface area contributed by atoms with Crippen molar-refractivity contribution >= 4 is 28.9 Å². The summed E-state index contributed by atoms with van der Waals surface area (Å²) >= 11 is 1.74. The monoisotopic (exact) mass is 323 g/mol. The first-order chi connectivity index (χ1) is 11.2. The summed E-state index contributed by atoms with van der Waals surface area (Å²) in [4.78, 5) is 19.3. The lowest BCUT2D eigenvalue weighted by atomic mass is 10.0. The highest BCUT2D eigenvalue weighted by Crippen LogP contribution is 2.41. The number of aliphatic imine (C=N–C) groups is 1. The molecule has 1 heterocycles. The minimum absolute atomic E-state index is 0.171. The fourth-order valence-corrected chi connectivity index (χ4v) is 3.75. The zero-order valence-electron chi connectivity index (χ0n) is 13.6. The number of nitrogens with zero attached hydrogens (tertiary/aromatic N) is 1. The first-order valence-corrected chi connectivity index (χ1v) is 9.06. The van der Waals surface area contributed by atoms with E-state index in [9.17, 15) is 4.79 Å². The number of unbranched alkanes of at least 4 members (excludes halogenated alkanes) is 1. The minimum Gasteiger partial charge on any atom is -0.294 e. The van der Waals surface area contributed by atoms with Gasteiger partial charge in [-0.1, -0.05) is 56.3 Å². The van der Waals surface area contributed by atoms with Crippen molar-refractivity contribution in [2.24, 2.45) is 4.99 Å². The number of benzene rings is 2. The summed E-state index contributed by atoms with van der Waals surface area (Å²) < 4.78 is 0. The molecule has 0 N–H and O–H groups in total. The van der Waals surface area contributed by atoms with E-state index in [-0.39, 0.29) is 5.78 Å². The van der Waals surface area contributed by atoms with Crippen LogP contribution >= 0.6 is 11.8 Å². The number of carbonyl (C=O) groups excluding carboxylic acids is 1. The number of hydrogen-bond donors (Lipinski definition) is 0. The van der Waals surface area contributed by atoms with Crippen LogP contribution in [0.3, 0.4) is 0 Å². The molecule has 2 aromatic carbocycles. The molecule has 1 aliphatic rings. The molecule has 3 rings (SSSR count). The van der Waals surface area contributed by atoms with Gasteiger partial charge in [0, 0.05) is 33.1 Å². The molecule has 0 unspecified atom stereocenters. The van der Waals surface area contributed by atoms with Gasteiger partial charge in [0.1, 0.15) is 0 Å². The maximum atomic E-state index is 12.0. The Morgan fingerprint density at radius 2 is 1.91 bits per heavy atom.